The summed E-state index contributed by atoms with van der Waals surface area (Å²) in [5.74, 6) is 0.217. The molecule has 1 aromatic rings. The maximum Gasteiger partial charge on any atom is 0.116 e. The molecule has 0 spiro atoms. The van der Waals surface area contributed by atoms with E-state index in [1.807, 2.05) is 0 Å². The van der Waals surface area contributed by atoms with E-state index in [2.05, 4.69) is 12.6 Å². The van der Waals surface area contributed by atoms with E-state index >= 15 is 0 Å². The summed E-state index contributed by atoms with van der Waals surface area (Å²) >= 11 is 8.73. The van der Waals surface area contributed by atoms with Crippen LogP contribution in [-0.2, 0) is 0 Å². The third-order valence-electron chi connectivity index (χ3n) is 1.09. The van der Waals surface area contributed by atoms with Crippen LogP contribution in [0.5, 0.6) is 5.75 Å². The Balaban J connectivity index is 3.07. The smallest absolute Gasteiger partial charge is 0.116 e. The van der Waals surface area contributed by atoms with Gasteiger partial charge in [-0.2, -0.15) is 0 Å². The summed E-state index contributed by atoms with van der Waals surface area (Å²) in [5, 5.41) is 8.97. The second-order valence-electron chi connectivity index (χ2n) is 1.86. The van der Waals surface area contributed by atoms with Crippen LogP contribution in [-0.4, -0.2) is 9.30 Å². The third kappa shape index (κ3) is 1.72. The van der Waals surface area contributed by atoms with Gasteiger partial charge in [0.25, 0.3) is 0 Å². The van der Waals surface area contributed by atoms with Crippen molar-refractivity contribution in [3.63, 3.8) is 0 Å². The molecule has 0 aliphatic rings. The SMILES string of the molecule is Oc1cccc(C(=S)S)c1. The van der Waals surface area contributed by atoms with Crippen LogP contribution < -0.4 is 0 Å². The lowest BCUT2D eigenvalue weighted by atomic mass is 10.2. The van der Waals surface area contributed by atoms with Crippen molar-refractivity contribution in [1.29, 1.82) is 0 Å². The molecule has 0 unspecified atom stereocenters. The van der Waals surface area contributed by atoms with Crippen LogP contribution in [0.1, 0.15) is 5.56 Å². The molecule has 0 aliphatic heterocycles. The fourth-order valence-corrected chi connectivity index (χ4v) is 0.905. The van der Waals surface area contributed by atoms with Crippen molar-refractivity contribution in [1.82, 2.24) is 0 Å². The first-order valence-electron chi connectivity index (χ1n) is 2.72. The predicted octanol–water partition coefficient (Wildman–Crippen LogP) is 2.00. The average Bonchev–Trinajstić information content (AvgIpc) is 1.88. The minimum absolute atomic E-state index is 0.217. The molecule has 0 atom stereocenters. The van der Waals surface area contributed by atoms with E-state index < -0.39 is 0 Å². The number of thiocarbonyl (C=S) groups is 1. The maximum absolute atomic E-state index is 8.97. The molecule has 0 aromatic heterocycles. The molecule has 0 fully saturated rings. The average molecular weight is 170 g/mol. The van der Waals surface area contributed by atoms with Gasteiger partial charge in [-0.15, -0.1) is 12.6 Å². The molecule has 52 valence electrons. The normalized spacial score (nSPS) is 9.30. The van der Waals surface area contributed by atoms with Gasteiger partial charge in [-0.05, 0) is 12.1 Å². The highest BCUT2D eigenvalue weighted by atomic mass is 32.1. The minimum Gasteiger partial charge on any atom is -0.508 e. The van der Waals surface area contributed by atoms with E-state index in [4.69, 9.17) is 17.3 Å². The summed E-state index contributed by atoms with van der Waals surface area (Å²) in [5.41, 5.74) is 0.776. The van der Waals surface area contributed by atoms with Crippen LogP contribution >= 0.6 is 24.8 Å². The van der Waals surface area contributed by atoms with E-state index in [0.29, 0.717) is 4.20 Å². The molecular formula is C7H6OS2. The fraction of sp³-hybridized carbons (Fsp3) is 0. The van der Waals surface area contributed by atoms with Gasteiger partial charge in [-0.25, -0.2) is 0 Å². The van der Waals surface area contributed by atoms with E-state index in [1.165, 1.54) is 0 Å². The van der Waals surface area contributed by atoms with Crippen molar-refractivity contribution in [2.24, 2.45) is 0 Å². The predicted molar refractivity (Wildman–Crippen MR) is 48.8 cm³/mol. The molecule has 0 saturated carbocycles. The molecular weight excluding hydrogens is 164 g/mol. The molecule has 10 heavy (non-hydrogen) atoms. The van der Waals surface area contributed by atoms with Gasteiger partial charge < -0.3 is 5.11 Å². The minimum atomic E-state index is 0.217. The first-order chi connectivity index (χ1) is 4.70. The van der Waals surface area contributed by atoms with Crippen molar-refractivity contribution < 1.29 is 5.11 Å². The van der Waals surface area contributed by atoms with Crippen LogP contribution in [0.15, 0.2) is 24.3 Å². The Labute approximate surface area is 70.1 Å². The van der Waals surface area contributed by atoms with Gasteiger partial charge >= 0.3 is 0 Å². The van der Waals surface area contributed by atoms with Crippen LogP contribution in [0.3, 0.4) is 0 Å². The maximum atomic E-state index is 8.97. The summed E-state index contributed by atoms with van der Waals surface area (Å²) in [6, 6.07) is 6.70. The first kappa shape index (κ1) is 7.57. The Bertz CT molecular complexity index is 258. The Morgan fingerprint density at radius 1 is 1.50 bits per heavy atom. The second kappa shape index (κ2) is 3.03. The van der Waals surface area contributed by atoms with Gasteiger partial charge in [-0.1, -0.05) is 24.4 Å². The standard InChI is InChI=1S/C7H6OS2/c8-6-3-1-2-5(4-6)7(9)10/h1-4,8H,(H,9,10). The molecule has 0 radical (unpaired) electrons. The quantitative estimate of drug-likeness (QED) is 0.496. The number of rotatable bonds is 1. The van der Waals surface area contributed by atoms with Crippen molar-refractivity contribution in [3.8, 4) is 5.75 Å². The number of aromatic hydroxyl groups is 1. The lowest BCUT2D eigenvalue weighted by Crippen LogP contribution is -1.84. The molecule has 0 amide bonds. The monoisotopic (exact) mass is 170 g/mol. The highest BCUT2D eigenvalue weighted by Crippen LogP contribution is 2.12. The number of thiol groups is 1. The van der Waals surface area contributed by atoms with Gasteiger partial charge in [0.05, 0.1) is 4.20 Å². The topological polar surface area (TPSA) is 20.2 Å². The number of phenols is 1. The number of phenolic OH excluding ortho intramolecular Hbond substituents is 1. The van der Waals surface area contributed by atoms with E-state index in [1.54, 1.807) is 24.3 Å². The van der Waals surface area contributed by atoms with E-state index in [9.17, 15) is 0 Å². The molecule has 0 bridgehead atoms. The number of hydrogen-bond acceptors (Lipinski definition) is 2. The van der Waals surface area contributed by atoms with Gasteiger partial charge in [-0.3, -0.25) is 0 Å². The Kier molecular flexibility index (Phi) is 2.29. The lowest BCUT2D eigenvalue weighted by molar-refractivity contribution is 0.475. The molecule has 0 saturated heterocycles. The molecule has 0 aliphatic carbocycles. The number of benzene rings is 1. The lowest BCUT2D eigenvalue weighted by Gasteiger charge is -1.95. The Hall–Kier alpha value is -0.540. The molecule has 1 aromatic carbocycles. The van der Waals surface area contributed by atoms with Gasteiger partial charge in [0.15, 0.2) is 0 Å². The van der Waals surface area contributed by atoms with Crippen LogP contribution in [0.2, 0.25) is 0 Å². The highest BCUT2D eigenvalue weighted by molar-refractivity contribution is 8.11. The second-order valence-corrected chi connectivity index (χ2v) is 3.01. The van der Waals surface area contributed by atoms with Crippen LogP contribution in [0, 0.1) is 0 Å². The zero-order chi connectivity index (χ0) is 7.56. The van der Waals surface area contributed by atoms with E-state index in [0.717, 1.165) is 5.56 Å². The Morgan fingerprint density at radius 2 is 2.20 bits per heavy atom. The molecule has 3 heteroatoms. The van der Waals surface area contributed by atoms with Gasteiger partial charge in [0, 0.05) is 5.56 Å². The molecule has 1 N–H and O–H groups in total. The summed E-state index contributed by atoms with van der Waals surface area (Å²) in [7, 11) is 0. The zero-order valence-corrected chi connectivity index (χ0v) is 6.82. The van der Waals surface area contributed by atoms with Crippen LogP contribution in [0.4, 0.5) is 0 Å². The largest absolute Gasteiger partial charge is 0.508 e. The fourth-order valence-electron chi connectivity index (χ4n) is 0.639. The molecule has 0 heterocycles. The van der Waals surface area contributed by atoms with Crippen molar-refractivity contribution >= 4 is 29.0 Å². The van der Waals surface area contributed by atoms with Crippen molar-refractivity contribution in [2.75, 3.05) is 0 Å². The van der Waals surface area contributed by atoms with Gasteiger partial charge in [0.2, 0.25) is 0 Å². The third-order valence-corrected chi connectivity index (χ3v) is 1.59. The molecule has 1 nitrogen and oxygen atoms in total. The van der Waals surface area contributed by atoms with Gasteiger partial charge in [0.1, 0.15) is 5.75 Å². The van der Waals surface area contributed by atoms with Crippen LogP contribution in [0.25, 0.3) is 0 Å². The zero-order valence-electron chi connectivity index (χ0n) is 5.11. The highest BCUT2D eigenvalue weighted by Gasteiger charge is 1.94. The summed E-state index contributed by atoms with van der Waals surface area (Å²) in [6.07, 6.45) is 0. The summed E-state index contributed by atoms with van der Waals surface area (Å²) in [4.78, 5) is 0. The summed E-state index contributed by atoms with van der Waals surface area (Å²) in [6.45, 7) is 0. The molecule has 1 rings (SSSR count). The first-order valence-corrected chi connectivity index (χ1v) is 3.58. The van der Waals surface area contributed by atoms with Crippen molar-refractivity contribution in [3.05, 3.63) is 29.8 Å². The summed E-state index contributed by atoms with van der Waals surface area (Å²) < 4.78 is 0.496. The number of hydrogen-bond donors (Lipinski definition) is 2. The van der Waals surface area contributed by atoms with Crippen molar-refractivity contribution in [2.45, 2.75) is 0 Å². The Morgan fingerprint density at radius 3 is 2.60 bits per heavy atom. The van der Waals surface area contributed by atoms with E-state index in [-0.39, 0.29) is 5.75 Å².